The van der Waals surface area contributed by atoms with E-state index in [1.54, 1.807) is 11.9 Å². The summed E-state index contributed by atoms with van der Waals surface area (Å²) in [4.78, 5) is 18.2. The molecular formula is C20H28F2N4O. The van der Waals surface area contributed by atoms with Gasteiger partial charge in [-0.05, 0) is 30.0 Å². The number of para-hydroxylation sites is 1. The van der Waals surface area contributed by atoms with Gasteiger partial charge in [0.05, 0.1) is 13.1 Å². The predicted octanol–water partition coefficient (Wildman–Crippen LogP) is 4.60. The lowest BCUT2D eigenvalue weighted by molar-refractivity contribution is -0.117. The quantitative estimate of drug-likeness (QED) is 0.731. The molecule has 1 aromatic heterocycles. The number of anilines is 1. The number of nitrogens with one attached hydrogen (secondary N) is 1. The van der Waals surface area contributed by atoms with Crippen LogP contribution in [-0.4, -0.2) is 34.0 Å². The fraction of sp³-hybridized carbons (Fsp3) is 0.500. The van der Waals surface area contributed by atoms with Gasteiger partial charge in [0.25, 0.3) is 0 Å². The van der Waals surface area contributed by atoms with Gasteiger partial charge in [-0.25, -0.2) is 4.98 Å². The van der Waals surface area contributed by atoms with Crippen LogP contribution in [0.2, 0.25) is 0 Å². The average Bonchev–Trinajstić information content (AvgIpc) is 3.02. The first-order chi connectivity index (χ1) is 12.7. The summed E-state index contributed by atoms with van der Waals surface area (Å²) in [5.74, 6) is 0.596. The third kappa shape index (κ3) is 5.35. The minimum atomic E-state index is -2.64. The zero-order valence-corrected chi connectivity index (χ0v) is 16.5. The number of rotatable bonds is 8. The van der Waals surface area contributed by atoms with Crippen molar-refractivity contribution in [2.24, 2.45) is 0 Å². The number of carbonyl (C=O) groups is 1. The van der Waals surface area contributed by atoms with Crippen molar-refractivity contribution in [1.29, 1.82) is 0 Å². The molecule has 0 unspecified atom stereocenters. The van der Waals surface area contributed by atoms with Crippen LogP contribution in [0.15, 0.2) is 30.6 Å². The predicted molar refractivity (Wildman–Crippen MR) is 103 cm³/mol. The van der Waals surface area contributed by atoms with Crippen LogP contribution in [-0.2, 0) is 11.3 Å². The van der Waals surface area contributed by atoms with Crippen molar-refractivity contribution in [3.8, 4) is 0 Å². The van der Waals surface area contributed by atoms with Crippen molar-refractivity contribution in [3.05, 3.63) is 47.5 Å². The van der Waals surface area contributed by atoms with Gasteiger partial charge in [-0.1, -0.05) is 45.9 Å². The lowest BCUT2D eigenvalue weighted by Crippen LogP contribution is -2.31. The van der Waals surface area contributed by atoms with Gasteiger partial charge in [0.1, 0.15) is 5.82 Å². The Morgan fingerprint density at radius 3 is 2.30 bits per heavy atom. The van der Waals surface area contributed by atoms with Crippen LogP contribution < -0.4 is 5.32 Å². The standard InChI is InChI=1S/C20H28F2N4O/c1-13(2)15-7-6-8-16(14(3)4)19(15)24-18(27)12-25(5)11-17-23-9-10-26(17)20(21)22/h6-10,13-14,20H,11-12H2,1-5H3,(H,24,27). The molecule has 0 saturated carbocycles. The Balaban J connectivity index is 2.10. The van der Waals surface area contributed by atoms with Crippen molar-refractivity contribution in [2.75, 3.05) is 18.9 Å². The molecule has 1 amide bonds. The summed E-state index contributed by atoms with van der Waals surface area (Å²) in [6, 6.07) is 6.06. The number of hydrogen-bond acceptors (Lipinski definition) is 3. The molecule has 0 radical (unpaired) electrons. The van der Waals surface area contributed by atoms with Crippen LogP contribution >= 0.6 is 0 Å². The number of carbonyl (C=O) groups excluding carboxylic acids is 1. The molecule has 2 rings (SSSR count). The molecule has 0 spiro atoms. The van der Waals surface area contributed by atoms with Gasteiger partial charge in [0.2, 0.25) is 5.91 Å². The molecule has 7 heteroatoms. The molecule has 2 aromatic rings. The second-order valence-electron chi connectivity index (χ2n) is 7.37. The number of aromatic nitrogens is 2. The van der Waals surface area contributed by atoms with Crippen LogP contribution in [0.5, 0.6) is 0 Å². The molecule has 1 aromatic carbocycles. The van der Waals surface area contributed by atoms with Crippen molar-refractivity contribution in [2.45, 2.75) is 52.6 Å². The Hall–Kier alpha value is -2.28. The molecule has 0 bridgehead atoms. The SMILES string of the molecule is CC(C)c1cccc(C(C)C)c1NC(=O)CN(C)Cc1nccn1C(F)F. The molecule has 0 aliphatic carbocycles. The van der Waals surface area contributed by atoms with E-state index in [0.29, 0.717) is 0 Å². The fourth-order valence-corrected chi connectivity index (χ4v) is 3.06. The maximum Gasteiger partial charge on any atom is 0.319 e. The Morgan fingerprint density at radius 1 is 1.19 bits per heavy atom. The summed E-state index contributed by atoms with van der Waals surface area (Å²) in [5, 5.41) is 3.03. The smallest absolute Gasteiger partial charge is 0.319 e. The number of amides is 1. The van der Waals surface area contributed by atoms with Crippen molar-refractivity contribution in [1.82, 2.24) is 14.5 Å². The molecule has 27 heavy (non-hydrogen) atoms. The monoisotopic (exact) mass is 378 g/mol. The highest BCUT2D eigenvalue weighted by Gasteiger charge is 2.18. The maximum atomic E-state index is 12.9. The summed E-state index contributed by atoms with van der Waals surface area (Å²) in [7, 11) is 1.71. The topological polar surface area (TPSA) is 50.2 Å². The van der Waals surface area contributed by atoms with E-state index in [1.807, 2.05) is 18.2 Å². The van der Waals surface area contributed by atoms with Crippen molar-refractivity contribution >= 4 is 11.6 Å². The van der Waals surface area contributed by atoms with E-state index < -0.39 is 6.55 Å². The van der Waals surface area contributed by atoms with Gasteiger partial charge in [0, 0.05) is 18.1 Å². The summed E-state index contributed by atoms with van der Waals surface area (Å²) in [6.45, 7) is 5.96. The minimum Gasteiger partial charge on any atom is -0.324 e. The molecule has 0 atom stereocenters. The van der Waals surface area contributed by atoms with Gasteiger partial charge in [-0.15, -0.1) is 0 Å². The van der Waals surface area contributed by atoms with Crippen LogP contribution in [0.3, 0.4) is 0 Å². The summed E-state index contributed by atoms with van der Waals surface area (Å²) < 4.78 is 26.7. The van der Waals surface area contributed by atoms with Gasteiger partial charge in [-0.2, -0.15) is 8.78 Å². The van der Waals surface area contributed by atoms with E-state index in [9.17, 15) is 13.6 Å². The second-order valence-corrected chi connectivity index (χ2v) is 7.37. The third-order valence-electron chi connectivity index (χ3n) is 4.42. The van der Waals surface area contributed by atoms with Crippen LogP contribution in [0.25, 0.3) is 0 Å². The lowest BCUT2D eigenvalue weighted by Gasteiger charge is -2.22. The highest BCUT2D eigenvalue weighted by atomic mass is 19.3. The fourth-order valence-electron chi connectivity index (χ4n) is 3.06. The van der Waals surface area contributed by atoms with E-state index in [2.05, 4.69) is 38.0 Å². The molecular weight excluding hydrogens is 350 g/mol. The van der Waals surface area contributed by atoms with E-state index in [-0.39, 0.29) is 36.7 Å². The van der Waals surface area contributed by atoms with Gasteiger partial charge in [-0.3, -0.25) is 14.3 Å². The number of halogens is 2. The number of hydrogen-bond donors (Lipinski definition) is 1. The zero-order valence-electron chi connectivity index (χ0n) is 16.5. The average molecular weight is 378 g/mol. The Labute approximate surface area is 159 Å². The second kappa shape index (κ2) is 9.08. The van der Waals surface area contributed by atoms with Gasteiger partial charge in [0.15, 0.2) is 0 Å². The molecule has 1 N–H and O–H groups in total. The molecule has 0 fully saturated rings. The molecule has 1 heterocycles. The number of likely N-dealkylation sites (N-methyl/N-ethyl adjacent to an activating group) is 1. The molecule has 148 valence electrons. The highest BCUT2D eigenvalue weighted by molar-refractivity contribution is 5.94. The summed E-state index contributed by atoms with van der Waals surface area (Å²) in [5.41, 5.74) is 3.03. The van der Waals surface area contributed by atoms with Crippen molar-refractivity contribution < 1.29 is 13.6 Å². The van der Waals surface area contributed by atoms with Crippen LogP contribution in [0.4, 0.5) is 14.5 Å². The Bertz CT molecular complexity index is 745. The Morgan fingerprint density at radius 2 is 1.78 bits per heavy atom. The number of nitrogens with zero attached hydrogens (tertiary/aromatic N) is 3. The molecule has 0 aliphatic rings. The highest BCUT2D eigenvalue weighted by Crippen LogP contribution is 2.32. The van der Waals surface area contributed by atoms with Crippen LogP contribution in [0, 0.1) is 0 Å². The molecule has 0 aliphatic heterocycles. The Kier molecular flexibility index (Phi) is 7.07. The largest absolute Gasteiger partial charge is 0.324 e. The molecule has 5 nitrogen and oxygen atoms in total. The molecule has 0 saturated heterocycles. The van der Waals surface area contributed by atoms with Gasteiger partial charge >= 0.3 is 6.55 Å². The maximum absolute atomic E-state index is 12.9. The van der Waals surface area contributed by atoms with Gasteiger partial charge < -0.3 is 5.32 Å². The first-order valence-electron chi connectivity index (χ1n) is 9.11. The summed E-state index contributed by atoms with van der Waals surface area (Å²) >= 11 is 0. The number of imidazole rings is 1. The van der Waals surface area contributed by atoms with E-state index >= 15 is 0 Å². The zero-order chi connectivity index (χ0) is 20.1. The summed E-state index contributed by atoms with van der Waals surface area (Å²) in [6.07, 6.45) is 2.57. The number of benzene rings is 1. The lowest BCUT2D eigenvalue weighted by atomic mass is 9.92. The van der Waals surface area contributed by atoms with E-state index in [4.69, 9.17) is 0 Å². The number of alkyl halides is 2. The van der Waals surface area contributed by atoms with E-state index in [0.717, 1.165) is 21.4 Å². The minimum absolute atomic E-state index is 0.0834. The van der Waals surface area contributed by atoms with Crippen LogP contribution in [0.1, 0.15) is 63.0 Å². The normalized spacial score (nSPS) is 11.8. The van der Waals surface area contributed by atoms with E-state index in [1.165, 1.54) is 12.4 Å². The third-order valence-corrected chi connectivity index (χ3v) is 4.42. The van der Waals surface area contributed by atoms with Crippen molar-refractivity contribution in [3.63, 3.8) is 0 Å². The first kappa shape index (κ1) is 21.0. The first-order valence-corrected chi connectivity index (χ1v) is 9.11.